The fourth-order valence-electron chi connectivity index (χ4n) is 6.28. The molecule has 2 aliphatic carbocycles. The van der Waals surface area contributed by atoms with Crippen molar-refractivity contribution in [3.05, 3.63) is 46.4 Å². The summed E-state index contributed by atoms with van der Waals surface area (Å²) in [6.45, 7) is 22.9. The van der Waals surface area contributed by atoms with Crippen LogP contribution in [0.4, 0.5) is 0 Å². The van der Waals surface area contributed by atoms with Crippen LogP contribution >= 0.6 is 11.3 Å². The number of ether oxygens (including phenoxy) is 1. The fraction of sp³-hybridized carbons (Fsp3) is 0.737. The molecule has 0 aromatic carbocycles. The number of esters is 1. The van der Waals surface area contributed by atoms with E-state index in [1.165, 1.54) is 37.7 Å². The maximum atomic E-state index is 13.9. The summed E-state index contributed by atoms with van der Waals surface area (Å²) in [6, 6.07) is 4.46. The standard InChI is InChI=1S/C38H64O5SSi2/c1-36(2,3)45(8,9)42-32(21-16-23-38(24-18-25-38)28-29-19-17-26-44-29)35-30(20-14-12-13-15-22-34(40)41-7)31(39)27-33(35)43-46(10,11)37(4,5)6/h12,14,17,19,21,26,30,33,35H,13,15-16,18,20,22-25,27-28H2,1-11H3/t30-,33+,35-/m0/s1. The number of ketones is 1. The summed E-state index contributed by atoms with van der Waals surface area (Å²) in [6.07, 6.45) is 16.7. The summed E-state index contributed by atoms with van der Waals surface area (Å²) in [5.74, 6) is 0.847. The molecule has 0 N–H and O–H groups in total. The molecular weight excluding hydrogens is 625 g/mol. The van der Waals surface area contributed by atoms with Gasteiger partial charge in [-0.2, -0.15) is 0 Å². The van der Waals surface area contributed by atoms with Crippen LogP contribution < -0.4 is 0 Å². The van der Waals surface area contributed by atoms with E-state index in [0.29, 0.717) is 24.7 Å². The summed E-state index contributed by atoms with van der Waals surface area (Å²) >= 11 is 1.88. The predicted octanol–water partition coefficient (Wildman–Crippen LogP) is 11.0. The van der Waals surface area contributed by atoms with Crippen molar-refractivity contribution in [2.45, 2.75) is 155 Å². The molecule has 0 spiro atoms. The first-order valence-corrected chi connectivity index (χ1v) is 24.3. The van der Waals surface area contributed by atoms with Crippen molar-refractivity contribution in [3.63, 3.8) is 0 Å². The van der Waals surface area contributed by atoms with E-state index in [1.54, 1.807) is 0 Å². The van der Waals surface area contributed by atoms with Crippen LogP contribution in [0.15, 0.2) is 41.5 Å². The van der Waals surface area contributed by atoms with E-state index in [4.69, 9.17) is 13.6 Å². The van der Waals surface area contributed by atoms with Gasteiger partial charge < -0.3 is 13.6 Å². The number of carbonyl (C=O) groups is 2. The van der Waals surface area contributed by atoms with Gasteiger partial charge in [0.25, 0.3) is 0 Å². The Morgan fingerprint density at radius 2 is 1.70 bits per heavy atom. The van der Waals surface area contributed by atoms with E-state index < -0.39 is 16.6 Å². The van der Waals surface area contributed by atoms with Gasteiger partial charge in [-0.05, 0) is 111 Å². The molecule has 2 aliphatic rings. The number of unbranched alkanes of at least 4 members (excludes halogenated alkanes) is 1. The molecule has 1 aromatic rings. The summed E-state index contributed by atoms with van der Waals surface area (Å²) in [7, 11) is -2.93. The summed E-state index contributed by atoms with van der Waals surface area (Å²) in [4.78, 5) is 26.9. The fourth-order valence-corrected chi connectivity index (χ4v) is 9.62. The molecule has 3 rings (SSSR count). The molecule has 0 saturated heterocycles. The Morgan fingerprint density at radius 3 is 2.24 bits per heavy atom. The molecule has 260 valence electrons. The van der Waals surface area contributed by atoms with Crippen molar-refractivity contribution in [1.82, 2.24) is 0 Å². The Morgan fingerprint density at radius 1 is 1.02 bits per heavy atom. The SMILES string of the molecule is COC(=O)CCCC=CC[C@H]1C(=O)C[C@@H](O[Si](C)(C)C(C)(C)C)[C@@H]1C(=CCCC1(Cc2cccs2)CCC1)O[Si](C)(C)C(C)(C)C. The maximum Gasteiger partial charge on any atom is 0.305 e. The molecule has 0 amide bonds. The molecule has 1 aromatic heterocycles. The average molecular weight is 689 g/mol. The van der Waals surface area contributed by atoms with Gasteiger partial charge in [0.15, 0.2) is 8.32 Å². The minimum atomic E-state index is -2.20. The molecule has 8 heteroatoms. The molecule has 0 unspecified atom stereocenters. The van der Waals surface area contributed by atoms with Crippen molar-refractivity contribution in [2.75, 3.05) is 7.11 Å². The highest BCUT2D eigenvalue weighted by molar-refractivity contribution is 7.09. The third kappa shape index (κ3) is 10.3. The van der Waals surface area contributed by atoms with E-state index in [0.717, 1.165) is 31.4 Å². The first-order valence-electron chi connectivity index (χ1n) is 17.6. The first-order chi connectivity index (χ1) is 21.3. The number of hydrogen-bond donors (Lipinski definition) is 0. The van der Waals surface area contributed by atoms with E-state index in [2.05, 4.69) is 103 Å². The highest BCUT2D eigenvalue weighted by atomic mass is 32.1. The van der Waals surface area contributed by atoms with Crippen LogP contribution in [-0.2, 0) is 29.6 Å². The first kappa shape index (κ1) is 39.0. The van der Waals surface area contributed by atoms with E-state index in [9.17, 15) is 9.59 Å². The Labute approximate surface area is 287 Å². The van der Waals surface area contributed by atoms with Crippen LogP contribution in [0.25, 0.3) is 0 Å². The highest BCUT2D eigenvalue weighted by Crippen LogP contribution is 2.50. The molecule has 2 fully saturated rings. The van der Waals surface area contributed by atoms with Gasteiger partial charge in [-0.25, -0.2) is 0 Å². The van der Waals surface area contributed by atoms with Crippen molar-refractivity contribution in [1.29, 1.82) is 0 Å². The molecule has 1 heterocycles. The van der Waals surface area contributed by atoms with Gasteiger partial charge in [-0.1, -0.05) is 66.2 Å². The van der Waals surface area contributed by atoms with Crippen LogP contribution in [0.1, 0.15) is 111 Å². The molecule has 0 bridgehead atoms. The zero-order valence-corrected chi connectivity index (χ0v) is 33.7. The number of rotatable bonds is 16. The average Bonchev–Trinajstić information content (AvgIpc) is 3.53. The topological polar surface area (TPSA) is 61.8 Å². The third-order valence-corrected chi connectivity index (χ3v) is 21.2. The lowest BCUT2D eigenvalue weighted by Crippen LogP contribution is -2.47. The van der Waals surface area contributed by atoms with Gasteiger partial charge in [0.1, 0.15) is 5.78 Å². The predicted molar refractivity (Wildman–Crippen MR) is 198 cm³/mol. The monoisotopic (exact) mass is 688 g/mol. The zero-order valence-electron chi connectivity index (χ0n) is 30.9. The number of allylic oxidation sites excluding steroid dienone is 3. The molecule has 2 saturated carbocycles. The highest BCUT2D eigenvalue weighted by Gasteiger charge is 2.51. The van der Waals surface area contributed by atoms with E-state index >= 15 is 0 Å². The van der Waals surface area contributed by atoms with Gasteiger partial charge in [0.05, 0.1) is 24.9 Å². The minimum absolute atomic E-state index is 0.0356. The van der Waals surface area contributed by atoms with Gasteiger partial charge in [-0.3, -0.25) is 9.59 Å². The molecule has 5 nitrogen and oxygen atoms in total. The van der Waals surface area contributed by atoms with Crippen LogP contribution in [-0.4, -0.2) is 41.6 Å². The van der Waals surface area contributed by atoms with Crippen LogP contribution in [0.5, 0.6) is 0 Å². The van der Waals surface area contributed by atoms with Gasteiger partial charge >= 0.3 is 5.97 Å². The van der Waals surface area contributed by atoms with Crippen molar-refractivity contribution in [3.8, 4) is 0 Å². The maximum absolute atomic E-state index is 13.9. The number of Topliss-reactive ketones (excluding diaryl/α,β-unsaturated/α-hetero) is 1. The van der Waals surface area contributed by atoms with Crippen LogP contribution in [0.2, 0.25) is 36.3 Å². The second-order valence-electron chi connectivity index (χ2n) is 17.0. The van der Waals surface area contributed by atoms with Gasteiger partial charge in [0.2, 0.25) is 8.32 Å². The van der Waals surface area contributed by atoms with Gasteiger partial charge in [-0.15, -0.1) is 11.3 Å². The quantitative estimate of drug-likeness (QED) is 0.0569. The lowest BCUT2D eigenvalue weighted by Gasteiger charge is -2.43. The van der Waals surface area contributed by atoms with Crippen LogP contribution in [0, 0.1) is 17.3 Å². The Hall–Kier alpha value is -1.49. The molecule has 46 heavy (non-hydrogen) atoms. The van der Waals surface area contributed by atoms with E-state index in [-0.39, 0.29) is 39.8 Å². The zero-order chi connectivity index (χ0) is 34.4. The molecule has 0 radical (unpaired) electrons. The summed E-state index contributed by atoms with van der Waals surface area (Å²) in [5, 5.41) is 2.27. The van der Waals surface area contributed by atoms with Crippen molar-refractivity contribution < 1.29 is 23.2 Å². The second kappa shape index (κ2) is 15.8. The number of carbonyl (C=O) groups excluding carboxylic acids is 2. The molecule has 0 aliphatic heterocycles. The Kier molecular flexibility index (Phi) is 13.4. The summed E-state index contributed by atoms with van der Waals surface area (Å²) in [5.41, 5.74) is 0.373. The number of thiophene rings is 1. The number of methoxy groups -OCH3 is 1. The largest absolute Gasteiger partial charge is 0.546 e. The number of hydrogen-bond acceptors (Lipinski definition) is 6. The second-order valence-corrected chi connectivity index (χ2v) is 27.5. The normalized spacial score (nSPS) is 22.7. The lowest BCUT2D eigenvalue weighted by molar-refractivity contribution is -0.140. The van der Waals surface area contributed by atoms with E-state index in [1.807, 2.05) is 11.3 Å². The van der Waals surface area contributed by atoms with Crippen LogP contribution in [0.3, 0.4) is 0 Å². The van der Waals surface area contributed by atoms with Crippen molar-refractivity contribution in [2.24, 2.45) is 17.3 Å². The molecular formula is C38H64O5SSi2. The Bertz CT molecular complexity index is 1200. The minimum Gasteiger partial charge on any atom is -0.546 e. The third-order valence-electron chi connectivity index (χ3n) is 11.5. The smallest absolute Gasteiger partial charge is 0.305 e. The lowest BCUT2D eigenvalue weighted by atomic mass is 9.64. The van der Waals surface area contributed by atoms with Gasteiger partial charge in [0, 0.05) is 23.6 Å². The summed E-state index contributed by atoms with van der Waals surface area (Å²) < 4.78 is 19.2. The van der Waals surface area contributed by atoms with Crippen molar-refractivity contribution >= 4 is 39.7 Å². The molecule has 3 atom stereocenters. The Balaban J connectivity index is 1.94.